The maximum atomic E-state index is 12.3. The van der Waals surface area contributed by atoms with Crippen molar-refractivity contribution < 1.29 is 14.3 Å². The van der Waals surface area contributed by atoms with Gasteiger partial charge in [0.05, 0.1) is 12.7 Å². The summed E-state index contributed by atoms with van der Waals surface area (Å²) in [7, 11) is 3.14. The lowest BCUT2D eigenvalue weighted by Gasteiger charge is -2.09. The molecule has 0 aliphatic carbocycles. The van der Waals surface area contributed by atoms with Crippen molar-refractivity contribution in [2.24, 2.45) is 0 Å². The Labute approximate surface area is 143 Å². The molecular formula is C17H17BrN2O3. The summed E-state index contributed by atoms with van der Waals surface area (Å²) in [5.41, 5.74) is 1.99. The first-order valence-corrected chi connectivity index (χ1v) is 7.77. The van der Waals surface area contributed by atoms with E-state index in [1.54, 1.807) is 44.5 Å². The monoisotopic (exact) mass is 376 g/mol. The number of amides is 2. The molecule has 0 saturated carbocycles. The summed E-state index contributed by atoms with van der Waals surface area (Å²) in [5.74, 6) is 0.278. The number of methoxy groups -OCH3 is 1. The van der Waals surface area contributed by atoms with E-state index in [4.69, 9.17) is 4.74 Å². The lowest BCUT2D eigenvalue weighted by Crippen LogP contribution is -2.23. The summed E-state index contributed by atoms with van der Waals surface area (Å²) < 4.78 is 5.83. The van der Waals surface area contributed by atoms with Crippen molar-refractivity contribution in [1.82, 2.24) is 10.6 Å². The average molecular weight is 377 g/mol. The third-order valence-corrected chi connectivity index (χ3v) is 4.01. The molecule has 0 aliphatic rings. The first-order chi connectivity index (χ1) is 11.0. The van der Waals surface area contributed by atoms with E-state index in [1.165, 1.54) is 0 Å². The van der Waals surface area contributed by atoms with Gasteiger partial charge in [-0.2, -0.15) is 0 Å². The number of hydrogen-bond donors (Lipinski definition) is 2. The second-order valence-electron chi connectivity index (χ2n) is 4.80. The molecule has 0 bridgehead atoms. The minimum Gasteiger partial charge on any atom is -0.497 e. The summed E-state index contributed by atoms with van der Waals surface area (Å²) in [6, 6.07) is 12.3. The second kappa shape index (κ2) is 7.78. The summed E-state index contributed by atoms with van der Waals surface area (Å²) in [4.78, 5) is 23.7. The van der Waals surface area contributed by atoms with E-state index in [0.717, 1.165) is 5.56 Å². The van der Waals surface area contributed by atoms with Gasteiger partial charge in [0, 0.05) is 23.6 Å². The molecule has 0 heterocycles. The Morgan fingerprint density at radius 3 is 2.39 bits per heavy atom. The van der Waals surface area contributed by atoms with Crippen LogP contribution in [-0.4, -0.2) is 26.0 Å². The highest BCUT2D eigenvalue weighted by Gasteiger charge is 2.11. The van der Waals surface area contributed by atoms with Gasteiger partial charge in [-0.1, -0.05) is 12.1 Å². The quantitative estimate of drug-likeness (QED) is 0.842. The molecule has 5 nitrogen and oxygen atoms in total. The van der Waals surface area contributed by atoms with Crippen LogP contribution in [0.1, 0.15) is 26.3 Å². The van der Waals surface area contributed by atoms with E-state index < -0.39 is 0 Å². The van der Waals surface area contributed by atoms with Crippen molar-refractivity contribution >= 4 is 27.7 Å². The van der Waals surface area contributed by atoms with Crippen molar-refractivity contribution in [2.75, 3.05) is 14.2 Å². The number of hydrogen-bond acceptors (Lipinski definition) is 3. The SMILES string of the molecule is CNC(=O)c1ccc(CNC(=O)c2cc(OC)ccc2Br)cc1. The second-order valence-corrected chi connectivity index (χ2v) is 5.66. The number of ether oxygens (including phenoxy) is 1. The van der Waals surface area contributed by atoms with Crippen LogP contribution in [0.5, 0.6) is 5.75 Å². The minimum atomic E-state index is -0.203. The maximum absolute atomic E-state index is 12.3. The topological polar surface area (TPSA) is 67.4 Å². The van der Waals surface area contributed by atoms with Crippen molar-refractivity contribution in [3.8, 4) is 5.75 Å². The number of halogens is 1. The highest BCUT2D eigenvalue weighted by Crippen LogP contribution is 2.22. The predicted octanol–water partition coefficient (Wildman–Crippen LogP) is 2.75. The van der Waals surface area contributed by atoms with Crippen molar-refractivity contribution in [3.05, 3.63) is 63.6 Å². The van der Waals surface area contributed by atoms with Gasteiger partial charge < -0.3 is 15.4 Å². The Kier molecular flexibility index (Phi) is 5.76. The first-order valence-electron chi connectivity index (χ1n) is 6.98. The van der Waals surface area contributed by atoms with Gasteiger partial charge in [-0.05, 0) is 51.8 Å². The summed E-state index contributed by atoms with van der Waals surface area (Å²) in [5, 5.41) is 5.41. The van der Waals surface area contributed by atoms with Gasteiger partial charge in [-0.15, -0.1) is 0 Å². The van der Waals surface area contributed by atoms with Crippen LogP contribution in [0, 0.1) is 0 Å². The molecule has 0 unspecified atom stereocenters. The number of benzene rings is 2. The van der Waals surface area contributed by atoms with E-state index in [1.807, 2.05) is 12.1 Å². The van der Waals surface area contributed by atoms with Crippen LogP contribution < -0.4 is 15.4 Å². The van der Waals surface area contributed by atoms with E-state index in [0.29, 0.717) is 27.9 Å². The Morgan fingerprint density at radius 1 is 1.09 bits per heavy atom. The Bertz CT molecular complexity index is 714. The van der Waals surface area contributed by atoms with E-state index in [2.05, 4.69) is 26.6 Å². The minimum absolute atomic E-state index is 0.138. The van der Waals surface area contributed by atoms with Crippen LogP contribution in [0.25, 0.3) is 0 Å². The Balaban J connectivity index is 2.03. The molecule has 6 heteroatoms. The Morgan fingerprint density at radius 2 is 1.78 bits per heavy atom. The predicted molar refractivity (Wildman–Crippen MR) is 91.7 cm³/mol. The first kappa shape index (κ1) is 17.0. The van der Waals surface area contributed by atoms with Gasteiger partial charge in [-0.25, -0.2) is 0 Å². The number of carbonyl (C=O) groups is 2. The standard InChI is InChI=1S/C17H17BrN2O3/c1-19-16(21)12-5-3-11(4-6-12)10-20-17(22)14-9-13(23-2)7-8-15(14)18/h3-9H,10H2,1-2H3,(H,19,21)(H,20,22). The fourth-order valence-corrected chi connectivity index (χ4v) is 2.43. The average Bonchev–Trinajstić information content (AvgIpc) is 2.59. The van der Waals surface area contributed by atoms with Crippen LogP contribution >= 0.6 is 15.9 Å². The summed E-state index contributed by atoms with van der Waals surface area (Å²) in [6.07, 6.45) is 0. The lowest BCUT2D eigenvalue weighted by atomic mass is 10.1. The van der Waals surface area contributed by atoms with E-state index >= 15 is 0 Å². The van der Waals surface area contributed by atoms with Crippen LogP contribution in [0.15, 0.2) is 46.9 Å². The molecule has 0 radical (unpaired) electrons. The summed E-state index contributed by atoms with van der Waals surface area (Å²) in [6.45, 7) is 0.372. The van der Waals surface area contributed by atoms with Crippen LogP contribution in [0.3, 0.4) is 0 Å². The molecule has 2 N–H and O–H groups in total. The zero-order valence-electron chi connectivity index (χ0n) is 12.9. The number of rotatable bonds is 5. The molecule has 0 fully saturated rings. The van der Waals surface area contributed by atoms with Crippen molar-refractivity contribution in [3.63, 3.8) is 0 Å². The fourth-order valence-electron chi connectivity index (χ4n) is 2.00. The van der Waals surface area contributed by atoms with Crippen LogP contribution in [0.2, 0.25) is 0 Å². The molecule has 2 aromatic carbocycles. The molecular weight excluding hydrogens is 360 g/mol. The molecule has 2 aromatic rings. The van der Waals surface area contributed by atoms with Gasteiger partial charge in [0.15, 0.2) is 0 Å². The molecule has 2 amide bonds. The van der Waals surface area contributed by atoms with Crippen LogP contribution in [-0.2, 0) is 6.54 Å². The molecule has 0 aliphatic heterocycles. The third-order valence-electron chi connectivity index (χ3n) is 3.31. The molecule has 120 valence electrons. The highest BCUT2D eigenvalue weighted by atomic mass is 79.9. The van der Waals surface area contributed by atoms with Gasteiger partial charge in [-0.3, -0.25) is 9.59 Å². The number of carbonyl (C=O) groups excluding carboxylic acids is 2. The molecule has 0 saturated heterocycles. The van der Waals surface area contributed by atoms with Gasteiger partial charge >= 0.3 is 0 Å². The van der Waals surface area contributed by atoms with Gasteiger partial charge in [0.25, 0.3) is 11.8 Å². The third kappa shape index (κ3) is 4.32. The van der Waals surface area contributed by atoms with E-state index in [9.17, 15) is 9.59 Å². The molecule has 23 heavy (non-hydrogen) atoms. The number of nitrogens with one attached hydrogen (secondary N) is 2. The normalized spacial score (nSPS) is 10.0. The fraction of sp³-hybridized carbons (Fsp3) is 0.176. The molecule has 0 spiro atoms. The maximum Gasteiger partial charge on any atom is 0.252 e. The molecule has 0 aromatic heterocycles. The van der Waals surface area contributed by atoms with Crippen molar-refractivity contribution in [2.45, 2.75) is 6.54 Å². The van der Waals surface area contributed by atoms with E-state index in [-0.39, 0.29) is 11.8 Å². The van der Waals surface area contributed by atoms with Crippen molar-refractivity contribution in [1.29, 1.82) is 0 Å². The molecule has 2 rings (SSSR count). The zero-order valence-corrected chi connectivity index (χ0v) is 14.4. The largest absolute Gasteiger partial charge is 0.497 e. The Hall–Kier alpha value is -2.34. The van der Waals surface area contributed by atoms with Gasteiger partial charge in [0.1, 0.15) is 5.75 Å². The van der Waals surface area contributed by atoms with Crippen LogP contribution in [0.4, 0.5) is 0 Å². The smallest absolute Gasteiger partial charge is 0.252 e. The molecule has 0 atom stereocenters. The zero-order chi connectivity index (χ0) is 16.8. The summed E-state index contributed by atoms with van der Waals surface area (Å²) >= 11 is 3.36. The lowest BCUT2D eigenvalue weighted by molar-refractivity contribution is 0.0945. The highest BCUT2D eigenvalue weighted by molar-refractivity contribution is 9.10. The van der Waals surface area contributed by atoms with Gasteiger partial charge in [0.2, 0.25) is 0 Å².